The molecular weight excluding hydrogens is 307 g/mol. The largest absolute Gasteiger partial charge is 0.486 e. The summed E-state index contributed by atoms with van der Waals surface area (Å²) >= 11 is 18.1. The Kier molecular flexibility index (Phi) is 3.45. The van der Waals surface area contributed by atoms with E-state index in [1.807, 2.05) is 0 Å². The van der Waals surface area contributed by atoms with Gasteiger partial charge in [0.2, 0.25) is 0 Å². The van der Waals surface area contributed by atoms with Gasteiger partial charge in [-0.3, -0.25) is 4.79 Å². The highest BCUT2D eigenvalue weighted by Crippen LogP contribution is 2.53. The zero-order valence-corrected chi connectivity index (χ0v) is 12.5. The zero-order chi connectivity index (χ0) is 13.6. The maximum atomic E-state index is 11.9. The molecule has 2 nitrogen and oxygen atoms in total. The summed E-state index contributed by atoms with van der Waals surface area (Å²) in [6.45, 7) is 0. The van der Waals surface area contributed by atoms with Gasteiger partial charge in [0.25, 0.3) is 0 Å². The molecule has 2 fully saturated rings. The second kappa shape index (κ2) is 4.83. The van der Waals surface area contributed by atoms with Crippen molar-refractivity contribution in [1.82, 2.24) is 0 Å². The van der Waals surface area contributed by atoms with Gasteiger partial charge in [0.1, 0.15) is 11.9 Å². The van der Waals surface area contributed by atoms with Crippen molar-refractivity contribution in [2.45, 2.75) is 38.2 Å². The van der Waals surface area contributed by atoms with Crippen LogP contribution in [0, 0.1) is 5.41 Å². The van der Waals surface area contributed by atoms with Crippen LogP contribution in [0.2, 0.25) is 15.1 Å². The van der Waals surface area contributed by atoms with E-state index < -0.39 is 0 Å². The van der Waals surface area contributed by atoms with Crippen LogP contribution >= 0.6 is 34.8 Å². The van der Waals surface area contributed by atoms with Gasteiger partial charge in [-0.1, -0.05) is 47.6 Å². The summed E-state index contributed by atoms with van der Waals surface area (Å²) in [6, 6.07) is 3.21. The number of carbonyl (C=O) groups excluding carboxylic acids is 1. The minimum absolute atomic E-state index is 0.0984. The fourth-order valence-electron chi connectivity index (χ4n) is 3.16. The van der Waals surface area contributed by atoms with Gasteiger partial charge in [-0.05, 0) is 25.0 Å². The monoisotopic (exact) mass is 318 g/mol. The molecule has 0 amide bonds. The van der Waals surface area contributed by atoms with E-state index in [1.54, 1.807) is 12.1 Å². The maximum absolute atomic E-state index is 11.9. The van der Waals surface area contributed by atoms with Crippen LogP contribution in [0.4, 0.5) is 0 Å². The number of ether oxygens (including phenoxy) is 1. The molecule has 0 radical (unpaired) electrons. The van der Waals surface area contributed by atoms with Gasteiger partial charge >= 0.3 is 0 Å². The van der Waals surface area contributed by atoms with Crippen molar-refractivity contribution in [3.63, 3.8) is 0 Å². The summed E-state index contributed by atoms with van der Waals surface area (Å²) in [4.78, 5) is 11.9. The first-order valence-corrected chi connectivity index (χ1v) is 7.51. The quantitative estimate of drug-likeness (QED) is 0.773. The lowest BCUT2D eigenvalue weighted by Gasteiger charge is -2.44. The predicted octanol–water partition coefficient (Wildman–Crippen LogP) is 4.93. The molecule has 0 bridgehead atoms. The average molecular weight is 320 g/mol. The second-order valence-corrected chi connectivity index (χ2v) is 6.55. The van der Waals surface area contributed by atoms with Crippen molar-refractivity contribution in [3.8, 4) is 5.75 Å². The van der Waals surface area contributed by atoms with Gasteiger partial charge in [-0.15, -0.1) is 0 Å². The standard InChI is InChI=1S/C14H13Cl3O2/c15-8-5-9(16)13(10(17)6-8)19-12-7-11(18)14(12)3-1-2-4-14/h5-6,12H,1-4,7H2. The topological polar surface area (TPSA) is 26.3 Å². The van der Waals surface area contributed by atoms with E-state index in [0.717, 1.165) is 25.7 Å². The Morgan fingerprint density at radius 2 is 1.68 bits per heavy atom. The van der Waals surface area contributed by atoms with E-state index in [1.165, 1.54) is 0 Å². The summed E-state index contributed by atoms with van der Waals surface area (Å²) in [6.07, 6.45) is 4.37. The minimum atomic E-state index is -0.285. The number of Topliss-reactive ketones (excluding diaryl/α,β-unsaturated/α-hetero) is 1. The van der Waals surface area contributed by atoms with E-state index in [9.17, 15) is 4.79 Å². The SMILES string of the molecule is O=C1CC(Oc2c(Cl)cc(Cl)cc2Cl)C12CCCC2. The van der Waals surface area contributed by atoms with Crippen LogP contribution in [0.1, 0.15) is 32.1 Å². The number of hydrogen-bond acceptors (Lipinski definition) is 2. The lowest BCUT2D eigenvalue weighted by molar-refractivity contribution is -0.151. The molecule has 2 aliphatic carbocycles. The first kappa shape index (κ1) is 13.5. The van der Waals surface area contributed by atoms with E-state index in [0.29, 0.717) is 33.0 Å². The Morgan fingerprint density at radius 1 is 1.11 bits per heavy atom. The molecule has 2 aliphatic rings. The molecule has 5 heteroatoms. The number of carbonyl (C=O) groups is 1. The molecule has 0 heterocycles. The van der Waals surface area contributed by atoms with Crippen molar-refractivity contribution in [3.05, 3.63) is 27.2 Å². The summed E-state index contributed by atoms with van der Waals surface area (Å²) in [7, 11) is 0. The van der Waals surface area contributed by atoms with Crippen LogP contribution in [0.25, 0.3) is 0 Å². The number of rotatable bonds is 2. The Balaban J connectivity index is 1.85. The molecule has 2 saturated carbocycles. The van der Waals surface area contributed by atoms with Gasteiger partial charge in [-0.25, -0.2) is 0 Å². The van der Waals surface area contributed by atoms with Crippen LogP contribution in [0.3, 0.4) is 0 Å². The smallest absolute Gasteiger partial charge is 0.157 e. The molecule has 0 aromatic heterocycles. The highest BCUT2D eigenvalue weighted by atomic mass is 35.5. The van der Waals surface area contributed by atoms with E-state index in [2.05, 4.69) is 0 Å². The Bertz CT molecular complexity index is 512. The van der Waals surface area contributed by atoms with Gasteiger partial charge in [0.15, 0.2) is 5.75 Å². The molecular formula is C14H13Cl3O2. The Hall–Kier alpha value is -0.440. The lowest BCUT2D eigenvalue weighted by Crippen LogP contribution is -2.55. The molecule has 3 rings (SSSR count). The average Bonchev–Trinajstić information content (AvgIpc) is 2.84. The van der Waals surface area contributed by atoms with Crippen molar-refractivity contribution < 1.29 is 9.53 Å². The van der Waals surface area contributed by atoms with Gasteiger partial charge in [-0.2, -0.15) is 0 Å². The maximum Gasteiger partial charge on any atom is 0.157 e. The molecule has 102 valence electrons. The van der Waals surface area contributed by atoms with E-state index in [-0.39, 0.29) is 11.5 Å². The van der Waals surface area contributed by atoms with Crippen LogP contribution in [-0.4, -0.2) is 11.9 Å². The number of halogens is 3. The van der Waals surface area contributed by atoms with Crippen LogP contribution in [-0.2, 0) is 4.79 Å². The van der Waals surface area contributed by atoms with Crippen LogP contribution in [0.15, 0.2) is 12.1 Å². The molecule has 1 aromatic rings. The second-order valence-electron chi connectivity index (χ2n) is 5.30. The van der Waals surface area contributed by atoms with Crippen LogP contribution < -0.4 is 4.74 Å². The molecule has 1 atom stereocenters. The summed E-state index contributed by atoms with van der Waals surface area (Å²) < 4.78 is 5.93. The molecule has 0 aliphatic heterocycles. The van der Waals surface area contributed by atoms with Gasteiger partial charge in [0.05, 0.1) is 15.5 Å². The normalized spacial score (nSPS) is 24.6. The van der Waals surface area contributed by atoms with E-state index >= 15 is 0 Å². The third-order valence-electron chi connectivity index (χ3n) is 4.26. The number of benzene rings is 1. The first-order chi connectivity index (χ1) is 9.03. The van der Waals surface area contributed by atoms with Crippen molar-refractivity contribution in [2.75, 3.05) is 0 Å². The summed E-state index contributed by atoms with van der Waals surface area (Å²) in [5, 5.41) is 1.26. The lowest BCUT2D eigenvalue weighted by atomic mass is 9.63. The number of ketones is 1. The Morgan fingerprint density at radius 3 is 2.21 bits per heavy atom. The van der Waals surface area contributed by atoms with Gasteiger partial charge in [0, 0.05) is 11.4 Å². The molecule has 19 heavy (non-hydrogen) atoms. The molecule has 1 aromatic carbocycles. The third-order valence-corrected chi connectivity index (χ3v) is 5.04. The minimum Gasteiger partial charge on any atom is -0.486 e. The van der Waals surface area contributed by atoms with E-state index in [4.69, 9.17) is 39.5 Å². The first-order valence-electron chi connectivity index (χ1n) is 6.37. The molecule has 1 unspecified atom stereocenters. The highest BCUT2D eigenvalue weighted by molar-refractivity contribution is 6.40. The van der Waals surface area contributed by atoms with Crippen molar-refractivity contribution in [1.29, 1.82) is 0 Å². The molecule has 1 spiro atoms. The number of hydrogen-bond donors (Lipinski definition) is 0. The summed E-state index contributed by atoms with van der Waals surface area (Å²) in [5.41, 5.74) is -0.285. The predicted molar refractivity (Wildman–Crippen MR) is 76.4 cm³/mol. The summed E-state index contributed by atoms with van der Waals surface area (Å²) in [5.74, 6) is 0.757. The zero-order valence-electron chi connectivity index (χ0n) is 10.2. The third kappa shape index (κ3) is 2.14. The van der Waals surface area contributed by atoms with Crippen molar-refractivity contribution >= 4 is 40.6 Å². The van der Waals surface area contributed by atoms with Crippen LogP contribution in [0.5, 0.6) is 5.75 Å². The fourth-order valence-corrected chi connectivity index (χ4v) is 4.07. The van der Waals surface area contributed by atoms with Gasteiger partial charge < -0.3 is 4.74 Å². The molecule has 0 saturated heterocycles. The molecule has 0 N–H and O–H groups in total. The fraction of sp³-hybridized carbons (Fsp3) is 0.500. The Labute approximate surface area is 127 Å². The highest BCUT2D eigenvalue weighted by Gasteiger charge is 2.57. The van der Waals surface area contributed by atoms with Crippen molar-refractivity contribution in [2.24, 2.45) is 5.41 Å².